The zero-order valence-corrected chi connectivity index (χ0v) is 8.94. The second-order valence-electron chi connectivity index (χ2n) is 3.67. The van der Waals surface area contributed by atoms with Crippen LogP contribution in [0.25, 0.3) is 0 Å². The number of nitrogens with two attached hydrogens (primary N) is 1. The lowest BCUT2D eigenvalue weighted by atomic mass is 10.1. The standard InChI is InChI=1S/C11H25N/c1-3-4-5-6-7-8-9-10-11-12-2/h12H,3-11H2,1-2H3/p+1. The molecule has 0 rings (SSSR count). The highest BCUT2D eigenvalue weighted by Gasteiger charge is 1.90. The van der Waals surface area contributed by atoms with E-state index in [1.165, 1.54) is 57.9 Å². The van der Waals surface area contributed by atoms with Crippen LogP contribution in [0, 0.1) is 0 Å². The summed E-state index contributed by atoms with van der Waals surface area (Å²) in [6, 6.07) is 0. The van der Waals surface area contributed by atoms with Gasteiger partial charge in [-0.15, -0.1) is 0 Å². The fourth-order valence-corrected chi connectivity index (χ4v) is 1.48. The van der Waals surface area contributed by atoms with E-state index in [2.05, 4.69) is 19.3 Å². The average Bonchev–Trinajstić information content (AvgIpc) is 2.10. The van der Waals surface area contributed by atoms with Crippen molar-refractivity contribution < 1.29 is 5.32 Å². The Balaban J connectivity index is 2.73. The molecule has 0 heterocycles. The summed E-state index contributed by atoms with van der Waals surface area (Å²) in [7, 11) is 2.15. The van der Waals surface area contributed by atoms with Gasteiger partial charge in [-0.3, -0.25) is 0 Å². The normalized spacial score (nSPS) is 10.5. The van der Waals surface area contributed by atoms with Crippen LogP contribution < -0.4 is 5.32 Å². The molecule has 0 saturated carbocycles. The van der Waals surface area contributed by atoms with Gasteiger partial charge in [-0.05, 0) is 12.8 Å². The van der Waals surface area contributed by atoms with E-state index in [-0.39, 0.29) is 0 Å². The van der Waals surface area contributed by atoms with Crippen LogP contribution >= 0.6 is 0 Å². The van der Waals surface area contributed by atoms with E-state index in [1.807, 2.05) is 0 Å². The molecule has 0 saturated heterocycles. The Morgan fingerprint density at radius 3 is 1.75 bits per heavy atom. The molecule has 74 valence electrons. The maximum Gasteiger partial charge on any atom is 0.0753 e. The summed E-state index contributed by atoms with van der Waals surface area (Å²) in [5.41, 5.74) is 0. The molecule has 0 fully saturated rings. The van der Waals surface area contributed by atoms with Crippen molar-refractivity contribution in [2.45, 2.75) is 58.3 Å². The van der Waals surface area contributed by atoms with Crippen molar-refractivity contribution in [3.8, 4) is 0 Å². The van der Waals surface area contributed by atoms with E-state index >= 15 is 0 Å². The highest BCUT2D eigenvalue weighted by atomic mass is 14.8. The zero-order valence-electron chi connectivity index (χ0n) is 8.94. The van der Waals surface area contributed by atoms with E-state index in [0.717, 1.165) is 0 Å². The lowest BCUT2D eigenvalue weighted by molar-refractivity contribution is -0.627. The van der Waals surface area contributed by atoms with E-state index in [9.17, 15) is 0 Å². The van der Waals surface area contributed by atoms with E-state index in [1.54, 1.807) is 0 Å². The third-order valence-electron chi connectivity index (χ3n) is 2.35. The SMILES string of the molecule is CCCCCCCCCC[NH2+]C. The van der Waals surface area contributed by atoms with Gasteiger partial charge in [0.2, 0.25) is 0 Å². The van der Waals surface area contributed by atoms with E-state index < -0.39 is 0 Å². The number of unbranched alkanes of at least 4 members (excludes halogenated alkanes) is 7. The summed E-state index contributed by atoms with van der Waals surface area (Å²) in [4.78, 5) is 0. The minimum absolute atomic E-state index is 1.31. The van der Waals surface area contributed by atoms with Crippen molar-refractivity contribution in [3.05, 3.63) is 0 Å². The zero-order chi connectivity index (χ0) is 9.07. The number of hydrogen-bond acceptors (Lipinski definition) is 0. The Kier molecular flexibility index (Phi) is 10.9. The number of hydrogen-bond donors (Lipinski definition) is 1. The first-order valence-corrected chi connectivity index (χ1v) is 5.69. The summed E-state index contributed by atoms with van der Waals surface area (Å²) in [6.07, 6.45) is 11.5. The topological polar surface area (TPSA) is 16.6 Å². The van der Waals surface area contributed by atoms with Crippen molar-refractivity contribution in [2.75, 3.05) is 13.6 Å². The summed E-state index contributed by atoms with van der Waals surface area (Å²) in [5, 5.41) is 2.27. The first kappa shape index (κ1) is 12.0. The molecule has 12 heavy (non-hydrogen) atoms. The Labute approximate surface area is 77.9 Å². The molecule has 0 aliphatic rings. The molecule has 0 amide bonds. The molecule has 0 radical (unpaired) electrons. The monoisotopic (exact) mass is 172 g/mol. The predicted octanol–water partition coefficient (Wildman–Crippen LogP) is 2.32. The van der Waals surface area contributed by atoms with E-state index in [0.29, 0.717) is 0 Å². The lowest BCUT2D eigenvalue weighted by Gasteiger charge is -1.99. The van der Waals surface area contributed by atoms with Gasteiger partial charge in [-0.2, -0.15) is 0 Å². The summed E-state index contributed by atoms with van der Waals surface area (Å²) in [5.74, 6) is 0. The molecule has 2 N–H and O–H groups in total. The first-order chi connectivity index (χ1) is 5.91. The van der Waals surface area contributed by atoms with Gasteiger partial charge in [0, 0.05) is 0 Å². The molecular weight excluding hydrogens is 146 g/mol. The lowest BCUT2D eigenvalue weighted by Crippen LogP contribution is -2.79. The van der Waals surface area contributed by atoms with Crippen LogP contribution in [0.3, 0.4) is 0 Å². The average molecular weight is 172 g/mol. The van der Waals surface area contributed by atoms with Gasteiger partial charge in [0.05, 0.1) is 13.6 Å². The van der Waals surface area contributed by atoms with Gasteiger partial charge in [-0.1, -0.05) is 45.4 Å². The minimum atomic E-state index is 1.31. The maximum absolute atomic E-state index is 2.27. The molecule has 0 aromatic heterocycles. The van der Waals surface area contributed by atoms with Gasteiger partial charge >= 0.3 is 0 Å². The van der Waals surface area contributed by atoms with Crippen LogP contribution in [0.4, 0.5) is 0 Å². The summed E-state index contributed by atoms with van der Waals surface area (Å²) in [6.45, 7) is 3.59. The van der Waals surface area contributed by atoms with Crippen molar-refractivity contribution in [3.63, 3.8) is 0 Å². The van der Waals surface area contributed by atoms with Gasteiger partial charge < -0.3 is 5.32 Å². The van der Waals surface area contributed by atoms with Gasteiger partial charge in [0.1, 0.15) is 0 Å². The Bertz CT molecular complexity index is 61.4. The molecule has 0 aliphatic heterocycles. The molecule has 0 bridgehead atoms. The predicted molar refractivity (Wildman–Crippen MR) is 55.3 cm³/mol. The quantitative estimate of drug-likeness (QED) is 0.514. The molecule has 1 nitrogen and oxygen atoms in total. The Morgan fingerprint density at radius 1 is 0.750 bits per heavy atom. The molecule has 0 aromatic carbocycles. The molecule has 1 heteroatoms. The number of quaternary nitrogens is 1. The van der Waals surface area contributed by atoms with Gasteiger partial charge in [0.25, 0.3) is 0 Å². The maximum atomic E-state index is 2.27. The largest absolute Gasteiger partial charge is 0.349 e. The van der Waals surface area contributed by atoms with Crippen molar-refractivity contribution >= 4 is 0 Å². The van der Waals surface area contributed by atoms with Gasteiger partial charge in [-0.25, -0.2) is 0 Å². The summed E-state index contributed by atoms with van der Waals surface area (Å²) >= 11 is 0. The van der Waals surface area contributed by atoms with Gasteiger partial charge in [0.15, 0.2) is 0 Å². The van der Waals surface area contributed by atoms with Crippen LogP contribution in [0.2, 0.25) is 0 Å². The third-order valence-corrected chi connectivity index (χ3v) is 2.35. The molecule has 0 aromatic rings. The van der Waals surface area contributed by atoms with E-state index in [4.69, 9.17) is 0 Å². The molecule has 0 atom stereocenters. The highest BCUT2D eigenvalue weighted by molar-refractivity contribution is 4.44. The van der Waals surface area contributed by atoms with Crippen LogP contribution in [0.1, 0.15) is 58.3 Å². The Morgan fingerprint density at radius 2 is 1.25 bits per heavy atom. The first-order valence-electron chi connectivity index (χ1n) is 5.69. The van der Waals surface area contributed by atoms with Crippen LogP contribution in [0.5, 0.6) is 0 Å². The van der Waals surface area contributed by atoms with Crippen molar-refractivity contribution in [1.29, 1.82) is 0 Å². The molecular formula is C11H26N+. The fraction of sp³-hybridized carbons (Fsp3) is 1.00. The second-order valence-corrected chi connectivity index (χ2v) is 3.67. The Hall–Kier alpha value is -0.0400. The van der Waals surface area contributed by atoms with Crippen LogP contribution in [-0.4, -0.2) is 13.6 Å². The van der Waals surface area contributed by atoms with Crippen LogP contribution in [0.15, 0.2) is 0 Å². The van der Waals surface area contributed by atoms with Crippen molar-refractivity contribution in [2.24, 2.45) is 0 Å². The smallest absolute Gasteiger partial charge is 0.0753 e. The fourth-order valence-electron chi connectivity index (χ4n) is 1.48. The van der Waals surface area contributed by atoms with Crippen molar-refractivity contribution in [1.82, 2.24) is 0 Å². The second kappa shape index (κ2) is 11.0. The summed E-state index contributed by atoms with van der Waals surface area (Å²) < 4.78 is 0. The van der Waals surface area contributed by atoms with Crippen LogP contribution in [-0.2, 0) is 0 Å². The highest BCUT2D eigenvalue weighted by Crippen LogP contribution is 2.07. The minimum Gasteiger partial charge on any atom is -0.349 e. The molecule has 0 spiro atoms. The molecule has 0 aliphatic carbocycles. The molecule has 0 unspecified atom stereocenters. The number of rotatable bonds is 9. The third kappa shape index (κ3) is 9.96.